The Labute approximate surface area is 85.9 Å². The van der Waals surface area contributed by atoms with Crippen LogP contribution in [-0.2, 0) is 11.2 Å². The van der Waals surface area contributed by atoms with Gasteiger partial charge in [-0.05, 0) is 23.3 Å². The fourth-order valence-electron chi connectivity index (χ4n) is 1.08. The van der Waals surface area contributed by atoms with Gasteiger partial charge in [0.05, 0.1) is 5.56 Å². The van der Waals surface area contributed by atoms with Gasteiger partial charge in [0.1, 0.15) is 6.26 Å². The Morgan fingerprint density at radius 1 is 1.50 bits per heavy atom. The van der Waals surface area contributed by atoms with Crippen LogP contribution in [0.25, 0.3) is 0 Å². The Balaban J connectivity index is 3.13. The highest BCUT2D eigenvalue weighted by atomic mass is 32.2. The number of carbonyl (C=O) groups is 1. The summed E-state index contributed by atoms with van der Waals surface area (Å²) in [6, 6.07) is 6.73. The van der Waals surface area contributed by atoms with Crippen LogP contribution in [0, 0.1) is 0 Å². The number of hydrogen-bond donors (Lipinski definition) is 1. The van der Waals surface area contributed by atoms with Gasteiger partial charge in [0.15, 0.2) is 4.90 Å². The fraction of sp³-hybridized carbons (Fsp3) is 0.222. The third kappa shape index (κ3) is 2.25. The molecule has 0 radical (unpaired) electrons. The average Bonchev–Trinajstić information content (AvgIpc) is 2.16. The van der Waals surface area contributed by atoms with Crippen molar-refractivity contribution in [3.8, 4) is 0 Å². The molecule has 0 bridgehead atoms. The van der Waals surface area contributed by atoms with E-state index in [-0.39, 0.29) is 5.91 Å². The maximum absolute atomic E-state index is 11.5. The van der Waals surface area contributed by atoms with E-state index in [9.17, 15) is 9.35 Å². The van der Waals surface area contributed by atoms with Gasteiger partial charge in [-0.25, -0.2) is 5.84 Å². The summed E-state index contributed by atoms with van der Waals surface area (Å²) in [5.74, 6) is 4.98. The summed E-state index contributed by atoms with van der Waals surface area (Å²) in [4.78, 5) is 12.0. The summed E-state index contributed by atoms with van der Waals surface area (Å²) in [7, 11) is 1.46. The van der Waals surface area contributed by atoms with Crippen LogP contribution < -0.4 is 5.84 Å². The Hall–Kier alpha value is -1.04. The molecule has 1 aromatic rings. The number of benzene rings is 1. The molecule has 0 fully saturated rings. The van der Waals surface area contributed by atoms with Gasteiger partial charge in [0.2, 0.25) is 0 Å². The van der Waals surface area contributed by atoms with Crippen LogP contribution in [0.5, 0.6) is 0 Å². The highest BCUT2D eigenvalue weighted by molar-refractivity contribution is 7.90. The monoisotopic (exact) mass is 212 g/mol. The number of hydrazine groups is 1. The van der Waals surface area contributed by atoms with Crippen molar-refractivity contribution in [3.05, 3.63) is 29.8 Å². The second kappa shape index (κ2) is 4.45. The molecule has 76 valence electrons. The van der Waals surface area contributed by atoms with E-state index in [0.717, 1.165) is 5.01 Å². The summed E-state index contributed by atoms with van der Waals surface area (Å²) in [6.45, 7) is 0. The van der Waals surface area contributed by atoms with E-state index in [2.05, 4.69) is 0 Å². The number of nitrogens with zero attached hydrogens (tertiary/aromatic N) is 1. The molecule has 14 heavy (non-hydrogen) atoms. The first-order valence-corrected chi connectivity index (χ1v) is 5.55. The highest BCUT2D eigenvalue weighted by Crippen LogP contribution is 2.15. The van der Waals surface area contributed by atoms with Crippen LogP contribution in [0.3, 0.4) is 0 Å². The van der Waals surface area contributed by atoms with E-state index in [1.807, 2.05) is 0 Å². The lowest BCUT2D eigenvalue weighted by molar-refractivity contribution is 0.0791. The van der Waals surface area contributed by atoms with Crippen LogP contribution >= 0.6 is 0 Å². The molecule has 0 spiro atoms. The molecule has 0 heterocycles. The molecule has 1 rings (SSSR count). The Morgan fingerprint density at radius 3 is 2.57 bits per heavy atom. The number of amides is 1. The second-order valence-electron chi connectivity index (χ2n) is 2.87. The number of nitrogens with two attached hydrogens (primary N) is 1. The normalized spacial score (nSPS) is 12.3. The van der Waals surface area contributed by atoms with Gasteiger partial charge in [-0.2, -0.15) is 0 Å². The standard InChI is InChI=1S/C9H12N2O2S/c1-11(10)9(12)7-5-3-4-6-8(7)14(2)13/h3-6H,10H2,1-2H3. The summed E-state index contributed by atoms with van der Waals surface area (Å²) >= 11 is -1.18. The third-order valence-electron chi connectivity index (χ3n) is 1.75. The molecule has 1 aromatic carbocycles. The van der Waals surface area contributed by atoms with Crippen molar-refractivity contribution in [2.45, 2.75) is 4.90 Å². The van der Waals surface area contributed by atoms with E-state index in [0.29, 0.717) is 10.5 Å². The molecule has 0 aromatic heterocycles. The quantitative estimate of drug-likeness (QED) is 0.333. The van der Waals surface area contributed by atoms with E-state index in [1.165, 1.54) is 13.3 Å². The second-order valence-corrected chi connectivity index (χ2v) is 4.21. The molecule has 2 N–H and O–H groups in total. The Morgan fingerprint density at radius 2 is 2.07 bits per heavy atom. The summed E-state index contributed by atoms with van der Waals surface area (Å²) in [5.41, 5.74) is 0.387. The largest absolute Gasteiger partial charge is 0.612 e. The topological polar surface area (TPSA) is 69.4 Å². The smallest absolute Gasteiger partial charge is 0.272 e. The van der Waals surface area contributed by atoms with Crippen molar-refractivity contribution in [1.82, 2.24) is 5.01 Å². The number of rotatable bonds is 2. The molecule has 1 atom stereocenters. The molecule has 0 saturated heterocycles. The van der Waals surface area contributed by atoms with Crippen molar-refractivity contribution in [1.29, 1.82) is 0 Å². The minimum Gasteiger partial charge on any atom is -0.612 e. The highest BCUT2D eigenvalue weighted by Gasteiger charge is 2.18. The Kier molecular flexibility index (Phi) is 3.51. The zero-order valence-corrected chi connectivity index (χ0v) is 8.88. The first kappa shape index (κ1) is 11.0. The lowest BCUT2D eigenvalue weighted by atomic mass is 10.2. The van der Waals surface area contributed by atoms with Crippen LogP contribution in [0.4, 0.5) is 0 Å². The van der Waals surface area contributed by atoms with E-state index < -0.39 is 11.2 Å². The van der Waals surface area contributed by atoms with E-state index >= 15 is 0 Å². The lowest BCUT2D eigenvalue weighted by Gasteiger charge is -2.13. The molecular weight excluding hydrogens is 200 g/mol. The van der Waals surface area contributed by atoms with E-state index in [4.69, 9.17) is 5.84 Å². The number of carbonyl (C=O) groups excluding carboxylic acids is 1. The lowest BCUT2D eigenvalue weighted by Crippen LogP contribution is -2.33. The molecular formula is C9H12N2O2S. The van der Waals surface area contributed by atoms with Gasteiger partial charge in [-0.3, -0.25) is 9.80 Å². The van der Waals surface area contributed by atoms with Crippen LogP contribution in [0.2, 0.25) is 0 Å². The van der Waals surface area contributed by atoms with Crippen molar-refractivity contribution < 1.29 is 9.35 Å². The minimum atomic E-state index is -1.18. The molecule has 1 unspecified atom stereocenters. The maximum atomic E-state index is 11.5. The van der Waals surface area contributed by atoms with Gasteiger partial charge in [-0.15, -0.1) is 0 Å². The third-order valence-corrected chi connectivity index (χ3v) is 2.72. The van der Waals surface area contributed by atoms with Crippen LogP contribution in [-0.4, -0.2) is 28.8 Å². The van der Waals surface area contributed by atoms with Gasteiger partial charge in [0.25, 0.3) is 5.91 Å². The Bertz CT molecular complexity index is 339. The first-order valence-electron chi connectivity index (χ1n) is 3.99. The van der Waals surface area contributed by atoms with E-state index in [1.54, 1.807) is 24.3 Å². The van der Waals surface area contributed by atoms with Crippen molar-refractivity contribution in [2.24, 2.45) is 5.84 Å². The first-order chi connectivity index (χ1) is 6.54. The van der Waals surface area contributed by atoms with Crippen molar-refractivity contribution in [2.75, 3.05) is 13.3 Å². The predicted octanol–water partition coefficient (Wildman–Crippen LogP) is 0.370. The van der Waals surface area contributed by atoms with Gasteiger partial charge < -0.3 is 4.55 Å². The van der Waals surface area contributed by atoms with Crippen LogP contribution in [0.15, 0.2) is 29.2 Å². The number of hydrogen-bond acceptors (Lipinski definition) is 3. The van der Waals surface area contributed by atoms with Gasteiger partial charge in [0, 0.05) is 7.05 Å². The zero-order chi connectivity index (χ0) is 10.7. The predicted molar refractivity (Wildman–Crippen MR) is 55.1 cm³/mol. The molecule has 0 aliphatic heterocycles. The van der Waals surface area contributed by atoms with Crippen LogP contribution in [0.1, 0.15) is 10.4 Å². The SMILES string of the molecule is CN(N)C(=O)c1ccccc1[S+](C)[O-]. The molecule has 1 amide bonds. The zero-order valence-electron chi connectivity index (χ0n) is 8.06. The molecule has 0 aliphatic carbocycles. The molecule has 5 heteroatoms. The van der Waals surface area contributed by atoms with Gasteiger partial charge in [-0.1, -0.05) is 12.1 Å². The summed E-state index contributed by atoms with van der Waals surface area (Å²) in [6.07, 6.45) is 1.53. The fourth-order valence-corrected chi connectivity index (χ4v) is 1.82. The average molecular weight is 212 g/mol. The van der Waals surface area contributed by atoms with Crippen molar-refractivity contribution in [3.63, 3.8) is 0 Å². The minimum absolute atomic E-state index is 0.337. The van der Waals surface area contributed by atoms with Gasteiger partial charge >= 0.3 is 0 Å². The summed E-state index contributed by atoms with van der Waals surface area (Å²) < 4.78 is 11.3. The maximum Gasteiger partial charge on any atom is 0.272 e. The summed E-state index contributed by atoms with van der Waals surface area (Å²) in [5, 5.41) is 0.978. The van der Waals surface area contributed by atoms with Crippen molar-refractivity contribution >= 4 is 17.1 Å². The molecule has 4 nitrogen and oxygen atoms in total. The molecule has 0 aliphatic rings. The molecule has 0 saturated carbocycles.